The van der Waals surface area contributed by atoms with Gasteiger partial charge in [-0.1, -0.05) is 36.4 Å². The van der Waals surface area contributed by atoms with Crippen LogP contribution in [0.5, 0.6) is 0 Å². The number of hydrogen-bond donors (Lipinski definition) is 6. The maximum atomic E-state index is 9.00. The van der Waals surface area contributed by atoms with Gasteiger partial charge in [0.2, 0.25) is 0 Å². The first-order chi connectivity index (χ1) is 13.0. The van der Waals surface area contributed by atoms with Crippen molar-refractivity contribution in [2.45, 2.75) is 26.7 Å². The Hall–Kier alpha value is -3.42. The molecule has 150 valence electrons. The van der Waals surface area contributed by atoms with Crippen molar-refractivity contribution in [1.82, 2.24) is 0 Å². The molecular weight excluding hydrogens is 360 g/mol. The van der Waals surface area contributed by atoms with E-state index in [0.717, 1.165) is 43.4 Å². The topological polar surface area (TPSA) is 174 Å². The third-order valence-corrected chi connectivity index (χ3v) is 4.30. The van der Waals surface area contributed by atoms with Crippen molar-refractivity contribution in [3.8, 4) is 0 Å². The van der Waals surface area contributed by atoms with Crippen LogP contribution in [0.25, 0.3) is 0 Å². The SMILES string of the molecule is CC(=O)O.CC(=O)O.N=C(N)C1=CC=CC2Cc3cccc(C(=N)N)c3CC12. The second-order valence-corrected chi connectivity index (χ2v) is 6.49. The standard InChI is InChI=1S/C16H18N4.2C2H4O2/c17-15(18)11-5-1-3-9-7-10-4-2-6-12(16(19)20)14(10)8-13(9)11;2*1-2(3)4/h1-6,9,13H,7-8H2,(H3,17,18)(H3,19,20);2*1H3,(H,3,4). The van der Waals surface area contributed by atoms with Gasteiger partial charge >= 0.3 is 0 Å². The lowest BCUT2D eigenvalue weighted by molar-refractivity contribution is -0.135. The number of amidine groups is 2. The van der Waals surface area contributed by atoms with Gasteiger partial charge < -0.3 is 21.7 Å². The number of allylic oxidation sites excluding steroid dienone is 3. The molecule has 0 saturated carbocycles. The van der Waals surface area contributed by atoms with E-state index in [4.69, 9.17) is 42.1 Å². The summed E-state index contributed by atoms with van der Waals surface area (Å²) in [6.07, 6.45) is 7.84. The lowest BCUT2D eigenvalue weighted by atomic mass is 9.69. The highest BCUT2D eigenvalue weighted by Crippen LogP contribution is 2.38. The molecule has 0 heterocycles. The van der Waals surface area contributed by atoms with Crippen molar-refractivity contribution in [2.75, 3.05) is 0 Å². The minimum atomic E-state index is -0.833. The Kier molecular flexibility index (Phi) is 8.12. The summed E-state index contributed by atoms with van der Waals surface area (Å²) >= 11 is 0. The molecular formula is C20H26N4O4. The van der Waals surface area contributed by atoms with E-state index < -0.39 is 11.9 Å². The summed E-state index contributed by atoms with van der Waals surface area (Å²) in [7, 11) is 0. The highest BCUT2D eigenvalue weighted by atomic mass is 16.4. The van der Waals surface area contributed by atoms with E-state index in [1.165, 1.54) is 5.56 Å². The summed E-state index contributed by atoms with van der Waals surface area (Å²) in [5.74, 6) is -0.799. The smallest absolute Gasteiger partial charge is 0.300 e. The number of carboxylic acids is 2. The van der Waals surface area contributed by atoms with Crippen LogP contribution >= 0.6 is 0 Å². The number of nitrogens with one attached hydrogen (secondary N) is 2. The van der Waals surface area contributed by atoms with Gasteiger partial charge in [0.05, 0.1) is 0 Å². The molecule has 0 spiro atoms. The molecule has 1 aromatic carbocycles. The van der Waals surface area contributed by atoms with Crippen molar-refractivity contribution in [2.24, 2.45) is 23.3 Å². The molecule has 8 N–H and O–H groups in total. The van der Waals surface area contributed by atoms with E-state index in [2.05, 4.69) is 12.1 Å². The Morgan fingerprint density at radius 1 is 1.04 bits per heavy atom. The molecule has 0 bridgehead atoms. The Balaban J connectivity index is 0.000000420. The first kappa shape index (κ1) is 22.6. The number of carbonyl (C=O) groups is 2. The summed E-state index contributed by atoms with van der Waals surface area (Å²) in [6.45, 7) is 2.17. The average Bonchev–Trinajstić information content (AvgIpc) is 2.57. The number of nitrogens with two attached hydrogens (primary N) is 2. The summed E-state index contributed by atoms with van der Waals surface area (Å²) in [5, 5.41) is 30.3. The van der Waals surface area contributed by atoms with Gasteiger partial charge in [0.15, 0.2) is 0 Å². The van der Waals surface area contributed by atoms with E-state index in [1.807, 2.05) is 24.3 Å². The zero-order valence-corrected chi connectivity index (χ0v) is 15.9. The number of fused-ring (bicyclic) bond motifs is 2. The minimum Gasteiger partial charge on any atom is -0.481 e. The fourth-order valence-corrected chi connectivity index (χ4v) is 3.34. The van der Waals surface area contributed by atoms with E-state index >= 15 is 0 Å². The van der Waals surface area contributed by atoms with Crippen LogP contribution in [0, 0.1) is 22.7 Å². The van der Waals surface area contributed by atoms with Crippen LogP contribution in [-0.4, -0.2) is 33.8 Å². The van der Waals surface area contributed by atoms with Crippen molar-refractivity contribution in [3.05, 3.63) is 58.7 Å². The molecule has 0 amide bonds. The quantitative estimate of drug-likeness (QED) is 0.334. The molecule has 0 fully saturated rings. The summed E-state index contributed by atoms with van der Waals surface area (Å²) in [4.78, 5) is 18.0. The Morgan fingerprint density at radius 2 is 1.61 bits per heavy atom. The molecule has 28 heavy (non-hydrogen) atoms. The minimum absolute atomic E-state index is 0.111. The summed E-state index contributed by atoms with van der Waals surface area (Å²) in [6, 6.07) is 5.97. The van der Waals surface area contributed by atoms with Gasteiger partial charge in [-0.2, -0.15) is 0 Å². The van der Waals surface area contributed by atoms with Gasteiger partial charge in [0, 0.05) is 19.4 Å². The first-order valence-electron chi connectivity index (χ1n) is 8.61. The highest BCUT2D eigenvalue weighted by Gasteiger charge is 2.33. The molecule has 8 nitrogen and oxygen atoms in total. The van der Waals surface area contributed by atoms with E-state index in [0.29, 0.717) is 5.92 Å². The van der Waals surface area contributed by atoms with Gasteiger partial charge in [-0.3, -0.25) is 20.4 Å². The van der Waals surface area contributed by atoms with Crippen molar-refractivity contribution >= 4 is 23.6 Å². The van der Waals surface area contributed by atoms with E-state index in [9.17, 15) is 0 Å². The van der Waals surface area contributed by atoms with Crippen molar-refractivity contribution in [1.29, 1.82) is 10.8 Å². The lowest BCUT2D eigenvalue weighted by Crippen LogP contribution is -2.33. The molecule has 2 atom stereocenters. The van der Waals surface area contributed by atoms with Crippen LogP contribution in [0.15, 0.2) is 42.0 Å². The molecule has 3 rings (SSSR count). The Labute approximate surface area is 163 Å². The van der Waals surface area contributed by atoms with Crippen LogP contribution < -0.4 is 11.5 Å². The summed E-state index contributed by atoms with van der Waals surface area (Å²) in [5.41, 5.74) is 15.5. The van der Waals surface area contributed by atoms with Gasteiger partial charge in [0.25, 0.3) is 11.9 Å². The normalized spacial score (nSPS) is 18.6. The first-order valence-corrected chi connectivity index (χ1v) is 8.61. The van der Waals surface area contributed by atoms with E-state index in [-0.39, 0.29) is 17.6 Å². The Morgan fingerprint density at radius 3 is 2.11 bits per heavy atom. The second-order valence-electron chi connectivity index (χ2n) is 6.49. The number of nitrogen functional groups attached to an aromatic ring is 1. The largest absolute Gasteiger partial charge is 0.481 e. The molecule has 1 aromatic rings. The maximum absolute atomic E-state index is 9.00. The zero-order valence-electron chi connectivity index (χ0n) is 15.9. The molecule has 0 aliphatic heterocycles. The molecule has 0 aromatic heterocycles. The van der Waals surface area contributed by atoms with Crippen LogP contribution in [0.1, 0.15) is 30.5 Å². The number of hydrogen-bond acceptors (Lipinski definition) is 4. The zero-order chi connectivity index (χ0) is 21.4. The fourth-order valence-electron chi connectivity index (χ4n) is 3.34. The maximum Gasteiger partial charge on any atom is 0.300 e. The van der Waals surface area contributed by atoms with Gasteiger partial charge in [-0.05, 0) is 41.4 Å². The number of benzene rings is 1. The molecule has 8 heteroatoms. The van der Waals surface area contributed by atoms with Gasteiger partial charge in [-0.25, -0.2) is 0 Å². The third kappa shape index (κ3) is 6.39. The van der Waals surface area contributed by atoms with Crippen LogP contribution in [-0.2, 0) is 22.4 Å². The molecule has 2 aliphatic rings. The molecule has 0 radical (unpaired) electrons. The predicted molar refractivity (Wildman–Crippen MR) is 108 cm³/mol. The third-order valence-electron chi connectivity index (χ3n) is 4.30. The fraction of sp³-hybridized carbons (Fsp3) is 0.300. The molecule has 2 unspecified atom stereocenters. The van der Waals surface area contributed by atoms with Crippen molar-refractivity contribution in [3.63, 3.8) is 0 Å². The highest BCUT2D eigenvalue weighted by molar-refractivity contribution is 5.98. The second kappa shape index (κ2) is 10.1. The van der Waals surface area contributed by atoms with Crippen LogP contribution in [0.3, 0.4) is 0 Å². The van der Waals surface area contributed by atoms with Crippen LogP contribution in [0.4, 0.5) is 0 Å². The van der Waals surface area contributed by atoms with E-state index in [1.54, 1.807) is 0 Å². The molecule has 0 saturated heterocycles. The van der Waals surface area contributed by atoms with Crippen LogP contribution in [0.2, 0.25) is 0 Å². The average molecular weight is 386 g/mol. The predicted octanol–water partition coefficient (Wildman–Crippen LogP) is 1.92. The van der Waals surface area contributed by atoms with Gasteiger partial charge in [-0.15, -0.1) is 0 Å². The van der Waals surface area contributed by atoms with Gasteiger partial charge in [0.1, 0.15) is 11.7 Å². The monoisotopic (exact) mass is 386 g/mol. The number of rotatable bonds is 2. The lowest BCUT2D eigenvalue weighted by Gasteiger charge is -2.35. The molecule has 2 aliphatic carbocycles. The number of carboxylic acid groups (broad SMARTS) is 2. The van der Waals surface area contributed by atoms with Crippen molar-refractivity contribution < 1.29 is 19.8 Å². The summed E-state index contributed by atoms with van der Waals surface area (Å²) < 4.78 is 0. The number of aliphatic carboxylic acids is 2. The Bertz CT molecular complexity index is 823.